The molecule has 0 bridgehead atoms. The van der Waals surface area contributed by atoms with Crippen LogP contribution >= 0.6 is 0 Å². The highest BCUT2D eigenvalue weighted by Crippen LogP contribution is 2.32. The molecule has 0 aromatic rings. The van der Waals surface area contributed by atoms with E-state index in [2.05, 4.69) is 6.58 Å². The minimum Gasteiger partial charge on any atom is -0.458 e. The predicted octanol–water partition coefficient (Wildman–Crippen LogP) is 1.51. The lowest BCUT2D eigenvalue weighted by Crippen LogP contribution is -2.16. The molecular formula is C8H12O2. The van der Waals surface area contributed by atoms with E-state index < -0.39 is 0 Å². The third kappa shape index (κ3) is 1.06. The highest BCUT2D eigenvalue weighted by atomic mass is 16.6. The first kappa shape index (κ1) is 7.32. The Bertz CT molecular complexity index is 170. The Morgan fingerprint density at radius 3 is 2.60 bits per heavy atom. The van der Waals surface area contributed by atoms with Gasteiger partial charge in [0.2, 0.25) is 0 Å². The number of hydrogen-bond donors (Lipinski definition) is 0. The van der Waals surface area contributed by atoms with E-state index in [-0.39, 0.29) is 17.5 Å². The molecular weight excluding hydrogens is 128 g/mol. The van der Waals surface area contributed by atoms with Crippen molar-refractivity contribution in [2.24, 2.45) is 5.41 Å². The number of ether oxygens (including phenoxy) is 1. The van der Waals surface area contributed by atoms with Crippen LogP contribution in [-0.4, -0.2) is 12.1 Å². The summed E-state index contributed by atoms with van der Waals surface area (Å²) >= 11 is 0. The van der Waals surface area contributed by atoms with Crippen molar-refractivity contribution in [3.05, 3.63) is 12.7 Å². The molecule has 1 heterocycles. The van der Waals surface area contributed by atoms with E-state index in [0.29, 0.717) is 0 Å². The number of cyclic esters (lactones) is 1. The fourth-order valence-corrected chi connectivity index (χ4v) is 1.06. The van der Waals surface area contributed by atoms with Gasteiger partial charge in [-0.1, -0.05) is 12.7 Å². The van der Waals surface area contributed by atoms with Crippen LogP contribution in [-0.2, 0) is 9.53 Å². The Balaban J connectivity index is 2.70. The first-order chi connectivity index (χ1) is 4.56. The van der Waals surface area contributed by atoms with E-state index in [1.54, 1.807) is 6.08 Å². The molecule has 0 saturated carbocycles. The van der Waals surface area contributed by atoms with Crippen molar-refractivity contribution in [1.29, 1.82) is 0 Å². The van der Waals surface area contributed by atoms with E-state index in [1.165, 1.54) is 0 Å². The molecule has 2 nitrogen and oxygen atoms in total. The number of esters is 1. The van der Waals surface area contributed by atoms with Crippen LogP contribution in [0, 0.1) is 5.41 Å². The van der Waals surface area contributed by atoms with E-state index in [4.69, 9.17) is 4.74 Å². The molecule has 0 radical (unpaired) electrons. The Hall–Kier alpha value is -0.790. The zero-order chi connectivity index (χ0) is 7.78. The first-order valence-electron chi connectivity index (χ1n) is 3.40. The topological polar surface area (TPSA) is 26.3 Å². The second kappa shape index (κ2) is 2.11. The highest BCUT2D eigenvalue weighted by Gasteiger charge is 2.39. The number of hydrogen-bond acceptors (Lipinski definition) is 2. The van der Waals surface area contributed by atoms with Crippen LogP contribution in [0.1, 0.15) is 20.3 Å². The number of rotatable bonds is 1. The molecule has 1 unspecified atom stereocenters. The Morgan fingerprint density at radius 2 is 2.40 bits per heavy atom. The maximum atomic E-state index is 11.0. The third-order valence-electron chi connectivity index (χ3n) is 1.79. The zero-order valence-corrected chi connectivity index (χ0v) is 6.39. The fourth-order valence-electron chi connectivity index (χ4n) is 1.06. The maximum absolute atomic E-state index is 11.0. The molecule has 0 aromatic carbocycles. The van der Waals surface area contributed by atoms with Crippen LogP contribution in [0.3, 0.4) is 0 Å². The van der Waals surface area contributed by atoms with Crippen LogP contribution < -0.4 is 0 Å². The molecule has 0 aliphatic carbocycles. The molecule has 1 atom stereocenters. The van der Waals surface area contributed by atoms with Gasteiger partial charge in [-0.3, -0.25) is 4.79 Å². The van der Waals surface area contributed by atoms with Crippen molar-refractivity contribution >= 4 is 5.97 Å². The van der Waals surface area contributed by atoms with Gasteiger partial charge in [0, 0.05) is 6.42 Å². The predicted molar refractivity (Wildman–Crippen MR) is 38.5 cm³/mol. The summed E-state index contributed by atoms with van der Waals surface area (Å²) in [4.78, 5) is 11.0. The third-order valence-corrected chi connectivity index (χ3v) is 1.79. The van der Waals surface area contributed by atoms with Crippen molar-refractivity contribution < 1.29 is 9.53 Å². The lowest BCUT2D eigenvalue weighted by atomic mass is 9.90. The van der Waals surface area contributed by atoms with Crippen LogP contribution in [0.2, 0.25) is 0 Å². The summed E-state index contributed by atoms with van der Waals surface area (Å²) < 4.78 is 4.97. The molecule has 0 N–H and O–H groups in total. The summed E-state index contributed by atoms with van der Waals surface area (Å²) in [5, 5.41) is 0. The van der Waals surface area contributed by atoms with Crippen LogP contribution in [0.5, 0.6) is 0 Å². The average Bonchev–Trinajstić information content (AvgIpc) is 2.08. The number of carbonyl (C=O) groups excluding carboxylic acids is 1. The quantitative estimate of drug-likeness (QED) is 0.407. The SMILES string of the molecule is C=CC1CC(C)(C)C(=O)O1. The zero-order valence-electron chi connectivity index (χ0n) is 6.39. The molecule has 1 aliphatic rings. The molecule has 1 saturated heterocycles. The Morgan fingerprint density at radius 1 is 1.80 bits per heavy atom. The van der Waals surface area contributed by atoms with Gasteiger partial charge in [-0.05, 0) is 13.8 Å². The molecule has 1 rings (SSSR count). The van der Waals surface area contributed by atoms with Crippen molar-refractivity contribution in [3.8, 4) is 0 Å². The lowest BCUT2D eigenvalue weighted by Gasteiger charge is -2.08. The molecule has 1 fully saturated rings. The largest absolute Gasteiger partial charge is 0.458 e. The van der Waals surface area contributed by atoms with Gasteiger partial charge in [0.1, 0.15) is 6.10 Å². The van der Waals surface area contributed by atoms with Crippen molar-refractivity contribution in [2.45, 2.75) is 26.4 Å². The summed E-state index contributed by atoms with van der Waals surface area (Å²) in [5.41, 5.74) is -0.307. The van der Waals surface area contributed by atoms with Gasteiger partial charge in [0.15, 0.2) is 0 Å². The number of carbonyl (C=O) groups is 1. The monoisotopic (exact) mass is 140 g/mol. The van der Waals surface area contributed by atoms with Gasteiger partial charge in [-0.2, -0.15) is 0 Å². The molecule has 0 spiro atoms. The molecule has 2 heteroatoms. The summed E-state index contributed by atoms with van der Waals surface area (Å²) in [7, 11) is 0. The van der Waals surface area contributed by atoms with Gasteiger partial charge in [-0.25, -0.2) is 0 Å². The summed E-state index contributed by atoms with van der Waals surface area (Å²) in [5.74, 6) is -0.114. The van der Waals surface area contributed by atoms with E-state index in [1.807, 2.05) is 13.8 Å². The summed E-state index contributed by atoms with van der Waals surface area (Å²) in [6.45, 7) is 7.34. The normalized spacial score (nSPS) is 29.8. The summed E-state index contributed by atoms with van der Waals surface area (Å²) in [6.07, 6.45) is 2.37. The van der Waals surface area contributed by atoms with Gasteiger partial charge in [0.05, 0.1) is 5.41 Å². The van der Waals surface area contributed by atoms with Crippen molar-refractivity contribution in [2.75, 3.05) is 0 Å². The standard InChI is InChI=1S/C8H12O2/c1-4-6-5-8(2,3)7(9)10-6/h4,6H,1,5H2,2-3H3. The molecule has 56 valence electrons. The van der Waals surface area contributed by atoms with Crippen LogP contribution in [0.4, 0.5) is 0 Å². The minimum absolute atomic E-state index is 0.0671. The second-order valence-corrected chi connectivity index (χ2v) is 3.27. The fraction of sp³-hybridized carbons (Fsp3) is 0.625. The van der Waals surface area contributed by atoms with Crippen LogP contribution in [0.15, 0.2) is 12.7 Å². The van der Waals surface area contributed by atoms with E-state index in [9.17, 15) is 4.79 Å². The average molecular weight is 140 g/mol. The van der Waals surface area contributed by atoms with Gasteiger partial charge >= 0.3 is 5.97 Å². The van der Waals surface area contributed by atoms with Gasteiger partial charge in [-0.15, -0.1) is 0 Å². The first-order valence-corrected chi connectivity index (χ1v) is 3.40. The highest BCUT2D eigenvalue weighted by molar-refractivity contribution is 5.78. The molecule has 0 aromatic heterocycles. The van der Waals surface area contributed by atoms with Crippen LogP contribution in [0.25, 0.3) is 0 Å². The summed E-state index contributed by atoms with van der Waals surface area (Å²) in [6, 6.07) is 0. The minimum atomic E-state index is -0.307. The molecule has 0 amide bonds. The second-order valence-electron chi connectivity index (χ2n) is 3.27. The maximum Gasteiger partial charge on any atom is 0.312 e. The molecule has 1 aliphatic heterocycles. The van der Waals surface area contributed by atoms with E-state index in [0.717, 1.165) is 6.42 Å². The van der Waals surface area contributed by atoms with E-state index >= 15 is 0 Å². The molecule has 10 heavy (non-hydrogen) atoms. The Kier molecular flexibility index (Phi) is 1.55. The van der Waals surface area contributed by atoms with Crippen molar-refractivity contribution in [1.82, 2.24) is 0 Å². The van der Waals surface area contributed by atoms with Crippen molar-refractivity contribution in [3.63, 3.8) is 0 Å². The van der Waals surface area contributed by atoms with Gasteiger partial charge in [0.25, 0.3) is 0 Å². The lowest BCUT2D eigenvalue weighted by molar-refractivity contribution is -0.146. The Labute approximate surface area is 60.9 Å². The smallest absolute Gasteiger partial charge is 0.312 e. The van der Waals surface area contributed by atoms with Gasteiger partial charge < -0.3 is 4.74 Å².